The van der Waals surface area contributed by atoms with Crippen molar-refractivity contribution < 1.29 is 18.0 Å². The number of benzene rings is 3. The molecule has 2 heterocycles. The molecular formula is C24H21N3O4S. The number of aryl methyl sites for hydroxylation is 2. The smallest absolute Gasteiger partial charge is 0.340 e. The number of carbonyl (C=O) groups is 1. The molecule has 1 N–H and O–H groups in total. The Hall–Kier alpha value is -3.65. The highest BCUT2D eigenvalue weighted by atomic mass is 32.2. The fourth-order valence-corrected chi connectivity index (χ4v) is 5.50. The summed E-state index contributed by atoms with van der Waals surface area (Å²) in [4.78, 5) is 16.9. The first kappa shape index (κ1) is 20.3. The molecule has 0 radical (unpaired) electrons. The number of rotatable bonds is 3. The molecule has 1 aliphatic heterocycles. The van der Waals surface area contributed by atoms with Gasteiger partial charge in [-0.3, -0.25) is 4.84 Å². The quantitative estimate of drug-likeness (QED) is 0.372. The number of amides is 1. The predicted molar refractivity (Wildman–Crippen MR) is 123 cm³/mol. The van der Waals surface area contributed by atoms with Crippen molar-refractivity contribution in [2.75, 3.05) is 7.05 Å². The Labute approximate surface area is 185 Å². The lowest BCUT2D eigenvalue weighted by molar-refractivity contribution is 0.153. The standard InChI is InChI=1S/C24H21N3O4S/c1-15-6-8-16(9-7-15)32(29,30)17-10-11-22-20(14-17)18-4-3-5-19-21(26-31-24(28)25-2)12-13-27(22)23(18)19/h3-11,14H,12-13H2,1-2H3,(H,25,28)/b26-21+. The van der Waals surface area contributed by atoms with Gasteiger partial charge < -0.3 is 9.88 Å². The van der Waals surface area contributed by atoms with Gasteiger partial charge in [0.15, 0.2) is 0 Å². The number of nitrogens with one attached hydrogen (secondary N) is 1. The SMILES string of the molecule is CNC(=O)O/N=C1\CCn2c3ccc(S(=O)(=O)c4ccc(C)cc4)cc3c3cccc1c32. The molecule has 3 aromatic carbocycles. The van der Waals surface area contributed by atoms with E-state index < -0.39 is 15.9 Å². The van der Waals surface area contributed by atoms with Gasteiger partial charge in [0.05, 0.1) is 21.0 Å². The van der Waals surface area contributed by atoms with Crippen LogP contribution in [0, 0.1) is 6.92 Å². The Bertz CT molecular complexity index is 1520. The van der Waals surface area contributed by atoms with Crippen LogP contribution in [0.3, 0.4) is 0 Å². The third-order valence-corrected chi connectivity index (χ3v) is 7.59. The average Bonchev–Trinajstić information content (AvgIpc) is 3.13. The Balaban J connectivity index is 1.68. The molecule has 1 aromatic heterocycles. The minimum Gasteiger partial charge on any atom is -0.340 e. The second-order valence-corrected chi connectivity index (χ2v) is 9.72. The zero-order valence-corrected chi connectivity index (χ0v) is 18.4. The Morgan fingerprint density at radius 1 is 1.03 bits per heavy atom. The number of oxime groups is 1. The summed E-state index contributed by atoms with van der Waals surface area (Å²) in [5, 5.41) is 8.22. The van der Waals surface area contributed by atoms with Crippen LogP contribution in [0.2, 0.25) is 0 Å². The Morgan fingerprint density at radius 2 is 1.78 bits per heavy atom. The first-order valence-electron chi connectivity index (χ1n) is 10.2. The molecule has 1 amide bonds. The van der Waals surface area contributed by atoms with E-state index in [9.17, 15) is 13.2 Å². The summed E-state index contributed by atoms with van der Waals surface area (Å²) >= 11 is 0. The Kier molecular flexibility index (Phi) is 4.74. The molecule has 0 spiro atoms. The van der Waals surface area contributed by atoms with Crippen molar-refractivity contribution in [3.8, 4) is 0 Å². The van der Waals surface area contributed by atoms with Crippen molar-refractivity contribution in [3.63, 3.8) is 0 Å². The summed E-state index contributed by atoms with van der Waals surface area (Å²) in [6, 6.07) is 18.0. The van der Waals surface area contributed by atoms with E-state index in [4.69, 9.17) is 4.84 Å². The predicted octanol–water partition coefficient (Wildman–Crippen LogP) is 4.40. The Morgan fingerprint density at radius 3 is 2.53 bits per heavy atom. The van der Waals surface area contributed by atoms with Gasteiger partial charge in [0.2, 0.25) is 9.84 Å². The van der Waals surface area contributed by atoms with Gasteiger partial charge in [-0.05, 0) is 37.3 Å². The maximum atomic E-state index is 13.2. The van der Waals surface area contributed by atoms with Crippen molar-refractivity contribution in [1.29, 1.82) is 0 Å². The van der Waals surface area contributed by atoms with Crippen LogP contribution in [-0.4, -0.2) is 31.8 Å². The number of nitrogens with zero attached hydrogens (tertiary/aromatic N) is 2. The summed E-state index contributed by atoms with van der Waals surface area (Å²) in [7, 11) is -2.16. The number of hydrogen-bond acceptors (Lipinski definition) is 5. The molecule has 0 fully saturated rings. The van der Waals surface area contributed by atoms with Crippen molar-refractivity contribution in [1.82, 2.24) is 9.88 Å². The van der Waals surface area contributed by atoms with Crippen LogP contribution in [0.1, 0.15) is 17.5 Å². The van der Waals surface area contributed by atoms with Crippen LogP contribution in [0.5, 0.6) is 0 Å². The maximum absolute atomic E-state index is 13.2. The zero-order valence-electron chi connectivity index (χ0n) is 17.6. The fourth-order valence-electron chi connectivity index (χ4n) is 4.21. The lowest BCUT2D eigenvalue weighted by Gasteiger charge is -2.17. The summed E-state index contributed by atoms with van der Waals surface area (Å²) in [5.74, 6) is 0. The highest BCUT2D eigenvalue weighted by Gasteiger charge is 2.24. The summed E-state index contributed by atoms with van der Waals surface area (Å²) in [6.07, 6.45) is -0.0298. The summed E-state index contributed by atoms with van der Waals surface area (Å²) in [5.41, 5.74) is 4.48. The van der Waals surface area contributed by atoms with Crippen LogP contribution >= 0.6 is 0 Å². The highest BCUT2D eigenvalue weighted by Crippen LogP contribution is 2.36. The molecule has 162 valence electrons. The maximum Gasteiger partial charge on any atom is 0.433 e. The monoisotopic (exact) mass is 447 g/mol. The van der Waals surface area contributed by atoms with E-state index in [1.54, 1.807) is 36.4 Å². The molecular weight excluding hydrogens is 426 g/mol. The molecule has 32 heavy (non-hydrogen) atoms. The number of hydrogen-bond donors (Lipinski definition) is 1. The van der Waals surface area contributed by atoms with Gasteiger partial charge in [0, 0.05) is 41.9 Å². The van der Waals surface area contributed by atoms with E-state index in [1.807, 2.05) is 31.2 Å². The largest absolute Gasteiger partial charge is 0.433 e. The molecule has 0 saturated heterocycles. The number of fused-ring (bicyclic) bond motifs is 3. The second-order valence-electron chi connectivity index (χ2n) is 7.77. The number of aromatic nitrogens is 1. The topological polar surface area (TPSA) is 89.8 Å². The van der Waals surface area contributed by atoms with Crippen LogP contribution in [0.15, 0.2) is 75.6 Å². The lowest BCUT2D eigenvalue weighted by atomic mass is 10.0. The second kappa shape index (κ2) is 7.49. The van der Waals surface area contributed by atoms with E-state index in [0.717, 1.165) is 32.9 Å². The minimum absolute atomic E-state index is 0.259. The molecule has 0 atom stereocenters. The van der Waals surface area contributed by atoms with Crippen LogP contribution < -0.4 is 5.32 Å². The van der Waals surface area contributed by atoms with Gasteiger partial charge in [-0.1, -0.05) is 41.1 Å². The summed E-state index contributed by atoms with van der Waals surface area (Å²) < 4.78 is 28.6. The van der Waals surface area contributed by atoms with Crippen LogP contribution in [0.25, 0.3) is 21.8 Å². The molecule has 0 bridgehead atoms. The minimum atomic E-state index is -3.64. The molecule has 0 saturated carbocycles. The van der Waals surface area contributed by atoms with Gasteiger partial charge in [0.25, 0.3) is 0 Å². The van der Waals surface area contributed by atoms with Crippen molar-refractivity contribution in [2.45, 2.75) is 29.7 Å². The van der Waals surface area contributed by atoms with Gasteiger partial charge >= 0.3 is 6.09 Å². The molecule has 4 aromatic rings. The molecule has 0 aliphatic carbocycles. The van der Waals surface area contributed by atoms with E-state index >= 15 is 0 Å². The third kappa shape index (κ3) is 3.15. The third-order valence-electron chi connectivity index (χ3n) is 5.82. The van der Waals surface area contributed by atoms with E-state index in [1.165, 1.54) is 7.05 Å². The number of sulfone groups is 1. The van der Waals surface area contributed by atoms with Crippen molar-refractivity contribution in [2.24, 2.45) is 5.16 Å². The van der Waals surface area contributed by atoms with Gasteiger partial charge in [-0.15, -0.1) is 0 Å². The molecule has 5 rings (SSSR count). The zero-order chi connectivity index (χ0) is 22.5. The molecule has 7 nitrogen and oxygen atoms in total. The fraction of sp³-hybridized carbons (Fsp3) is 0.167. The first-order valence-corrected chi connectivity index (χ1v) is 11.7. The van der Waals surface area contributed by atoms with Crippen molar-refractivity contribution >= 4 is 43.4 Å². The molecule has 1 aliphatic rings. The molecule has 0 unspecified atom stereocenters. The lowest BCUT2D eigenvalue weighted by Crippen LogP contribution is -2.20. The van der Waals surface area contributed by atoms with E-state index in [2.05, 4.69) is 15.0 Å². The number of carbonyl (C=O) groups excluding carboxylic acids is 1. The molecule has 8 heteroatoms. The average molecular weight is 448 g/mol. The van der Waals surface area contributed by atoms with Crippen LogP contribution in [-0.2, 0) is 21.2 Å². The first-order chi connectivity index (χ1) is 15.4. The summed E-state index contributed by atoms with van der Waals surface area (Å²) in [6.45, 7) is 2.57. The van der Waals surface area contributed by atoms with E-state index in [-0.39, 0.29) is 9.79 Å². The van der Waals surface area contributed by atoms with E-state index in [0.29, 0.717) is 18.7 Å². The van der Waals surface area contributed by atoms with Gasteiger partial charge in [0.1, 0.15) is 0 Å². The normalized spacial score (nSPS) is 14.8. The van der Waals surface area contributed by atoms with Gasteiger partial charge in [-0.2, -0.15) is 0 Å². The van der Waals surface area contributed by atoms with Crippen molar-refractivity contribution in [3.05, 3.63) is 71.8 Å². The van der Waals surface area contributed by atoms with Crippen LogP contribution in [0.4, 0.5) is 4.79 Å². The van der Waals surface area contributed by atoms with Gasteiger partial charge in [-0.25, -0.2) is 13.2 Å². The highest BCUT2D eigenvalue weighted by molar-refractivity contribution is 7.91. The number of para-hydroxylation sites is 1.